The fourth-order valence-electron chi connectivity index (χ4n) is 3.64. The van der Waals surface area contributed by atoms with Crippen LogP contribution in [-0.4, -0.2) is 49.4 Å². The fraction of sp³-hybridized carbons (Fsp3) is 0.0769. The normalized spacial score (nSPS) is 10.9. The van der Waals surface area contributed by atoms with Crippen molar-refractivity contribution < 1.29 is 24.2 Å². The van der Waals surface area contributed by atoms with E-state index in [9.17, 15) is 19.5 Å². The maximum absolute atomic E-state index is 13.0. The number of nitrogens with zero attached hydrogens (tertiary/aromatic N) is 1. The van der Waals surface area contributed by atoms with Crippen molar-refractivity contribution >= 4 is 53.1 Å². The first-order chi connectivity index (χ1) is 16.9. The van der Waals surface area contributed by atoms with E-state index >= 15 is 0 Å². The molecule has 173 valence electrons. The minimum atomic E-state index is -1.18. The number of fused-ring (bicyclic) bond motifs is 1. The molecule has 3 N–H and O–H groups in total. The summed E-state index contributed by atoms with van der Waals surface area (Å²) in [5, 5.41) is 22.1. The molecule has 3 aromatic carbocycles. The van der Waals surface area contributed by atoms with Gasteiger partial charge < -0.3 is 0 Å². The summed E-state index contributed by atoms with van der Waals surface area (Å²) >= 11 is -1.18. The van der Waals surface area contributed by atoms with E-state index in [1.807, 2.05) is 30.3 Å². The number of methoxy groups -OCH3 is 1. The number of carboxylic acid groups (broad SMARTS) is 1. The maximum atomic E-state index is 13.0. The summed E-state index contributed by atoms with van der Waals surface area (Å²) in [6.07, 6.45) is 0.119. The number of aromatic carboxylic acids is 1. The standard InChI is InChI=1S/C26H19AsN3O5/c1-35-22-8-3-2-5-16(22)13-23(31)29-20-7-4-6-17-12-21(30-24(17)20)25(32)27-19-10-9-15(14-28)11-18(19)26(33)34/h2-12,30H,13H2,1H3,(H,29,31)(H,33,34). The molecule has 0 aliphatic rings. The van der Waals surface area contributed by atoms with Gasteiger partial charge in [0.25, 0.3) is 0 Å². The molecule has 0 aliphatic heterocycles. The predicted octanol–water partition coefficient (Wildman–Crippen LogP) is 3.10. The third-order valence-electron chi connectivity index (χ3n) is 5.28. The molecular weight excluding hydrogens is 509 g/mol. The number of carboxylic acids is 1. The van der Waals surface area contributed by atoms with E-state index in [4.69, 9.17) is 10.00 Å². The summed E-state index contributed by atoms with van der Waals surface area (Å²) < 4.78 is 5.49. The van der Waals surface area contributed by atoms with Crippen LogP contribution >= 0.6 is 0 Å². The number of nitriles is 1. The van der Waals surface area contributed by atoms with Crippen molar-refractivity contribution in [2.45, 2.75) is 6.42 Å². The number of para-hydroxylation sites is 2. The Kier molecular flexibility index (Phi) is 7.00. The number of nitrogens with one attached hydrogen (secondary N) is 2. The van der Waals surface area contributed by atoms with Crippen LogP contribution in [0.5, 0.6) is 5.75 Å². The van der Waals surface area contributed by atoms with E-state index in [2.05, 4.69) is 10.3 Å². The third kappa shape index (κ3) is 5.26. The number of carbonyl (C=O) groups excluding carboxylic acids is 2. The van der Waals surface area contributed by atoms with Crippen LogP contribution in [0.1, 0.15) is 32.0 Å². The van der Waals surface area contributed by atoms with Gasteiger partial charge in [-0.2, -0.15) is 0 Å². The average Bonchev–Trinajstić information content (AvgIpc) is 3.30. The van der Waals surface area contributed by atoms with Crippen molar-refractivity contribution in [3.05, 3.63) is 89.1 Å². The fourth-order valence-corrected chi connectivity index (χ4v) is 5.50. The van der Waals surface area contributed by atoms with Crippen molar-refractivity contribution in [2.24, 2.45) is 0 Å². The van der Waals surface area contributed by atoms with Crippen molar-refractivity contribution in [3.8, 4) is 11.8 Å². The van der Waals surface area contributed by atoms with Gasteiger partial charge in [0.2, 0.25) is 0 Å². The molecule has 0 saturated heterocycles. The van der Waals surface area contributed by atoms with Crippen LogP contribution in [0.3, 0.4) is 0 Å². The van der Waals surface area contributed by atoms with Crippen LogP contribution in [-0.2, 0) is 11.2 Å². The van der Waals surface area contributed by atoms with Gasteiger partial charge in [0.1, 0.15) is 0 Å². The number of amides is 1. The van der Waals surface area contributed by atoms with E-state index in [1.165, 1.54) is 18.2 Å². The number of ether oxygens (including phenoxy) is 1. The number of rotatable bonds is 8. The average molecular weight is 528 g/mol. The Morgan fingerprint density at radius 2 is 1.89 bits per heavy atom. The van der Waals surface area contributed by atoms with Gasteiger partial charge in [-0.15, -0.1) is 0 Å². The molecule has 1 heterocycles. The Balaban J connectivity index is 1.56. The zero-order chi connectivity index (χ0) is 24.9. The summed E-state index contributed by atoms with van der Waals surface area (Å²) in [7, 11) is 1.55. The van der Waals surface area contributed by atoms with Crippen molar-refractivity contribution in [1.82, 2.24) is 4.98 Å². The van der Waals surface area contributed by atoms with Gasteiger partial charge in [-0.25, -0.2) is 0 Å². The van der Waals surface area contributed by atoms with Gasteiger partial charge >= 0.3 is 207 Å². The summed E-state index contributed by atoms with van der Waals surface area (Å²) in [5.41, 5.74) is 2.39. The van der Waals surface area contributed by atoms with E-state index in [-0.39, 0.29) is 28.0 Å². The molecule has 1 radical (unpaired) electrons. The second kappa shape index (κ2) is 10.3. The van der Waals surface area contributed by atoms with Gasteiger partial charge in [-0.3, -0.25) is 0 Å². The van der Waals surface area contributed by atoms with E-state index in [0.717, 1.165) is 10.9 Å². The number of H-pyrrole nitrogens is 1. The first-order valence-corrected chi connectivity index (χ1v) is 12.3. The number of carbonyl (C=O) groups is 3. The monoisotopic (exact) mass is 528 g/mol. The SMILES string of the molecule is COc1ccccc1CC(=O)Nc1cccc2cc(C(=O)[As]c3ccc(C#N)cc3C(=O)O)[nH]c12. The summed E-state index contributed by atoms with van der Waals surface area (Å²) in [4.78, 5) is 40.4. The number of anilines is 1. The van der Waals surface area contributed by atoms with Crippen LogP contribution in [0.25, 0.3) is 10.9 Å². The Morgan fingerprint density at radius 1 is 1.09 bits per heavy atom. The molecule has 0 spiro atoms. The molecule has 0 atom stereocenters. The van der Waals surface area contributed by atoms with Gasteiger partial charge in [-0.05, 0) is 0 Å². The number of hydrogen-bond donors (Lipinski definition) is 3. The summed E-state index contributed by atoms with van der Waals surface area (Å²) in [6.45, 7) is 0. The van der Waals surface area contributed by atoms with Crippen LogP contribution in [0.4, 0.5) is 5.69 Å². The molecule has 4 rings (SSSR count). The first kappa shape index (κ1) is 23.8. The van der Waals surface area contributed by atoms with Crippen molar-refractivity contribution in [3.63, 3.8) is 0 Å². The molecule has 0 saturated carbocycles. The molecule has 0 fully saturated rings. The molecule has 0 aliphatic carbocycles. The molecular formula is C26H19AsN3O5. The van der Waals surface area contributed by atoms with Crippen LogP contribution in [0, 0.1) is 11.3 Å². The van der Waals surface area contributed by atoms with Crippen molar-refractivity contribution in [2.75, 3.05) is 12.4 Å². The van der Waals surface area contributed by atoms with E-state index < -0.39 is 21.7 Å². The second-order valence-corrected chi connectivity index (χ2v) is 9.89. The topological polar surface area (TPSA) is 132 Å². The third-order valence-corrected chi connectivity index (χ3v) is 7.54. The molecule has 4 aromatic rings. The Hall–Kier alpha value is -4.34. The molecule has 8 nitrogen and oxygen atoms in total. The number of aromatic nitrogens is 1. The van der Waals surface area contributed by atoms with Crippen LogP contribution in [0.15, 0.2) is 66.7 Å². The van der Waals surface area contributed by atoms with Crippen LogP contribution in [0.2, 0.25) is 0 Å². The molecule has 1 aromatic heterocycles. The molecule has 0 bridgehead atoms. The van der Waals surface area contributed by atoms with E-state index in [1.54, 1.807) is 31.4 Å². The first-order valence-electron chi connectivity index (χ1n) is 10.5. The Labute approximate surface area is 207 Å². The molecule has 0 unspecified atom stereocenters. The number of aromatic amines is 1. The number of hydrogen-bond acceptors (Lipinski definition) is 5. The van der Waals surface area contributed by atoms with E-state index in [0.29, 0.717) is 27.0 Å². The summed E-state index contributed by atoms with van der Waals surface area (Å²) in [5.74, 6) is -0.795. The van der Waals surface area contributed by atoms with Gasteiger partial charge in [0.15, 0.2) is 0 Å². The molecule has 9 heteroatoms. The van der Waals surface area contributed by atoms with Crippen molar-refractivity contribution in [1.29, 1.82) is 5.26 Å². The molecule has 35 heavy (non-hydrogen) atoms. The predicted molar refractivity (Wildman–Crippen MR) is 131 cm³/mol. The zero-order valence-corrected chi connectivity index (χ0v) is 20.4. The summed E-state index contributed by atoms with van der Waals surface area (Å²) in [6, 6.07) is 20.5. The number of benzene rings is 3. The zero-order valence-electron chi connectivity index (χ0n) is 18.5. The van der Waals surface area contributed by atoms with Crippen LogP contribution < -0.4 is 14.4 Å². The van der Waals surface area contributed by atoms with Gasteiger partial charge in [-0.1, -0.05) is 0 Å². The second-order valence-electron chi connectivity index (χ2n) is 7.56. The van der Waals surface area contributed by atoms with Gasteiger partial charge in [0.05, 0.1) is 0 Å². The Morgan fingerprint density at radius 3 is 2.63 bits per heavy atom. The molecule has 1 amide bonds. The Bertz CT molecular complexity index is 1500. The van der Waals surface area contributed by atoms with Gasteiger partial charge in [0, 0.05) is 0 Å². The minimum absolute atomic E-state index is 0.0437. The quantitative estimate of drug-likeness (QED) is 0.301.